The van der Waals surface area contributed by atoms with E-state index in [2.05, 4.69) is 22.2 Å². The van der Waals surface area contributed by atoms with Crippen LogP contribution >= 0.6 is 11.3 Å². The van der Waals surface area contributed by atoms with Gasteiger partial charge in [0.25, 0.3) is 5.91 Å². The van der Waals surface area contributed by atoms with Gasteiger partial charge in [0, 0.05) is 17.5 Å². The van der Waals surface area contributed by atoms with Crippen molar-refractivity contribution in [1.82, 2.24) is 10.3 Å². The van der Waals surface area contributed by atoms with Gasteiger partial charge in [-0.05, 0) is 12.1 Å². The number of thiazole rings is 1. The van der Waals surface area contributed by atoms with E-state index >= 15 is 0 Å². The first kappa shape index (κ1) is 18.5. The summed E-state index contributed by atoms with van der Waals surface area (Å²) in [4.78, 5) is 29.2. The van der Waals surface area contributed by atoms with E-state index in [-0.39, 0.29) is 18.2 Å². The molecule has 0 aliphatic rings. The van der Waals surface area contributed by atoms with Crippen molar-refractivity contribution >= 4 is 28.8 Å². The lowest BCUT2D eigenvalue weighted by Gasteiger charge is -2.10. The average Bonchev–Trinajstić information content (AvgIpc) is 3.15. The minimum absolute atomic E-state index is 0.145. The standard InChI is InChI=1S/C21H19N3O2S/c1-2-12-22-20(26)17-10-6-7-11-18(17)24-19(25)13-16-14-27-21(23-16)15-8-4-3-5-9-15/h2-11,14H,1,12-13H2,(H,22,26)(H,24,25). The molecule has 1 heterocycles. The van der Waals surface area contributed by atoms with E-state index < -0.39 is 0 Å². The van der Waals surface area contributed by atoms with Gasteiger partial charge in [-0.15, -0.1) is 17.9 Å². The average molecular weight is 377 g/mol. The molecule has 2 amide bonds. The topological polar surface area (TPSA) is 71.1 Å². The Morgan fingerprint density at radius 3 is 2.59 bits per heavy atom. The lowest BCUT2D eigenvalue weighted by atomic mass is 10.1. The van der Waals surface area contributed by atoms with E-state index in [1.165, 1.54) is 11.3 Å². The van der Waals surface area contributed by atoms with Gasteiger partial charge in [-0.2, -0.15) is 0 Å². The molecule has 0 unspecified atom stereocenters. The number of anilines is 1. The van der Waals surface area contributed by atoms with E-state index in [9.17, 15) is 9.59 Å². The molecule has 2 aromatic carbocycles. The third kappa shape index (κ3) is 4.89. The maximum atomic E-state index is 12.4. The van der Waals surface area contributed by atoms with Crippen LogP contribution in [0.25, 0.3) is 10.6 Å². The van der Waals surface area contributed by atoms with Gasteiger partial charge in [-0.1, -0.05) is 48.5 Å². The molecule has 0 saturated carbocycles. The Morgan fingerprint density at radius 2 is 1.81 bits per heavy atom. The third-order valence-electron chi connectivity index (χ3n) is 3.77. The minimum Gasteiger partial charge on any atom is -0.349 e. The highest BCUT2D eigenvalue weighted by molar-refractivity contribution is 7.13. The Balaban J connectivity index is 1.67. The zero-order chi connectivity index (χ0) is 19.1. The van der Waals surface area contributed by atoms with E-state index in [0.29, 0.717) is 23.5 Å². The molecule has 0 radical (unpaired) electrons. The lowest BCUT2D eigenvalue weighted by Crippen LogP contribution is -2.25. The van der Waals surface area contributed by atoms with Crippen LogP contribution in [0, 0.1) is 0 Å². The Morgan fingerprint density at radius 1 is 1.07 bits per heavy atom. The highest BCUT2D eigenvalue weighted by atomic mass is 32.1. The van der Waals surface area contributed by atoms with Crippen LogP contribution in [0.2, 0.25) is 0 Å². The molecule has 0 spiro atoms. The summed E-state index contributed by atoms with van der Waals surface area (Å²) in [5, 5.41) is 8.28. The zero-order valence-electron chi connectivity index (χ0n) is 14.6. The largest absolute Gasteiger partial charge is 0.349 e. The first-order chi connectivity index (χ1) is 13.2. The number of nitrogens with zero attached hydrogens (tertiary/aromatic N) is 1. The van der Waals surface area contributed by atoms with Crippen molar-refractivity contribution in [1.29, 1.82) is 0 Å². The summed E-state index contributed by atoms with van der Waals surface area (Å²) >= 11 is 1.50. The van der Waals surface area contributed by atoms with Gasteiger partial charge in [-0.3, -0.25) is 9.59 Å². The molecule has 0 bridgehead atoms. The smallest absolute Gasteiger partial charge is 0.253 e. The molecule has 3 aromatic rings. The molecule has 1 aromatic heterocycles. The highest BCUT2D eigenvalue weighted by Crippen LogP contribution is 2.23. The molecule has 0 aliphatic carbocycles. The molecule has 3 rings (SSSR count). The molecule has 2 N–H and O–H groups in total. The fourth-order valence-electron chi connectivity index (χ4n) is 2.51. The quantitative estimate of drug-likeness (QED) is 0.613. The molecule has 0 aliphatic heterocycles. The van der Waals surface area contributed by atoms with Crippen molar-refractivity contribution in [3.63, 3.8) is 0 Å². The van der Waals surface area contributed by atoms with Gasteiger partial charge in [0.05, 0.1) is 23.4 Å². The first-order valence-corrected chi connectivity index (χ1v) is 9.33. The van der Waals surface area contributed by atoms with E-state index in [1.54, 1.807) is 30.3 Å². The zero-order valence-corrected chi connectivity index (χ0v) is 15.5. The van der Waals surface area contributed by atoms with Crippen molar-refractivity contribution in [3.8, 4) is 10.6 Å². The molecule has 136 valence electrons. The van der Waals surface area contributed by atoms with Crippen LogP contribution in [0.15, 0.2) is 72.6 Å². The summed E-state index contributed by atoms with van der Waals surface area (Å²) < 4.78 is 0. The molecule has 0 fully saturated rings. The summed E-state index contributed by atoms with van der Waals surface area (Å²) in [6, 6.07) is 16.7. The number of aromatic nitrogens is 1. The molecular formula is C21H19N3O2S. The molecule has 0 saturated heterocycles. The summed E-state index contributed by atoms with van der Waals surface area (Å²) in [6.45, 7) is 3.94. The number of amides is 2. The Hall–Kier alpha value is -3.25. The number of carbonyl (C=O) groups is 2. The van der Waals surface area contributed by atoms with Crippen LogP contribution in [0.5, 0.6) is 0 Å². The number of hydrogen-bond donors (Lipinski definition) is 2. The van der Waals surface area contributed by atoms with Crippen LogP contribution in [0.3, 0.4) is 0 Å². The highest BCUT2D eigenvalue weighted by Gasteiger charge is 2.14. The van der Waals surface area contributed by atoms with Crippen molar-refractivity contribution in [2.24, 2.45) is 0 Å². The number of rotatable bonds is 7. The van der Waals surface area contributed by atoms with E-state index in [1.807, 2.05) is 35.7 Å². The van der Waals surface area contributed by atoms with Gasteiger partial charge in [0.1, 0.15) is 5.01 Å². The van der Waals surface area contributed by atoms with Crippen molar-refractivity contribution in [3.05, 3.63) is 83.9 Å². The van der Waals surface area contributed by atoms with Gasteiger partial charge in [0.2, 0.25) is 5.91 Å². The monoisotopic (exact) mass is 377 g/mol. The van der Waals surface area contributed by atoms with Crippen LogP contribution in [-0.4, -0.2) is 23.3 Å². The van der Waals surface area contributed by atoms with Crippen molar-refractivity contribution in [2.75, 3.05) is 11.9 Å². The minimum atomic E-state index is -0.258. The molecule has 0 atom stereocenters. The Bertz CT molecular complexity index is 951. The van der Waals surface area contributed by atoms with Crippen molar-refractivity contribution < 1.29 is 9.59 Å². The fraction of sp³-hybridized carbons (Fsp3) is 0.0952. The maximum absolute atomic E-state index is 12.4. The molecule has 27 heavy (non-hydrogen) atoms. The third-order valence-corrected chi connectivity index (χ3v) is 4.71. The van der Waals surface area contributed by atoms with Crippen molar-refractivity contribution in [2.45, 2.75) is 6.42 Å². The predicted molar refractivity (Wildman–Crippen MR) is 109 cm³/mol. The van der Waals surface area contributed by atoms with Crippen LogP contribution in [0.1, 0.15) is 16.1 Å². The number of hydrogen-bond acceptors (Lipinski definition) is 4. The van der Waals surface area contributed by atoms with E-state index in [0.717, 1.165) is 10.6 Å². The number of carbonyl (C=O) groups excluding carboxylic acids is 2. The van der Waals surface area contributed by atoms with Gasteiger partial charge >= 0.3 is 0 Å². The summed E-state index contributed by atoms with van der Waals surface area (Å²) in [5.74, 6) is -0.477. The molecule has 5 nitrogen and oxygen atoms in total. The number of benzene rings is 2. The van der Waals surface area contributed by atoms with Crippen LogP contribution in [-0.2, 0) is 11.2 Å². The summed E-state index contributed by atoms with van der Waals surface area (Å²) in [5.41, 5.74) is 2.61. The Kier molecular flexibility index (Phi) is 6.12. The van der Waals surface area contributed by atoms with E-state index in [4.69, 9.17) is 0 Å². The first-order valence-electron chi connectivity index (χ1n) is 8.45. The van der Waals surface area contributed by atoms with Gasteiger partial charge < -0.3 is 10.6 Å². The fourth-order valence-corrected chi connectivity index (χ4v) is 3.34. The molecular weight excluding hydrogens is 358 g/mol. The lowest BCUT2D eigenvalue weighted by molar-refractivity contribution is -0.115. The van der Waals surface area contributed by atoms with Crippen LogP contribution < -0.4 is 10.6 Å². The maximum Gasteiger partial charge on any atom is 0.253 e. The molecule has 6 heteroatoms. The summed E-state index contributed by atoms with van der Waals surface area (Å²) in [7, 11) is 0. The predicted octanol–water partition coefficient (Wildman–Crippen LogP) is 3.91. The SMILES string of the molecule is C=CCNC(=O)c1ccccc1NC(=O)Cc1csc(-c2ccccc2)n1. The van der Waals surface area contributed by atoms with Crippen LogP contribution in [0.4, 0.5) is 5.69 Å². The van der Waals surface area contributed by atoms with Gasteiger partial charge in [-0.25, -0.2) is 4.98 Å². The number of nitrogens with one attached hydrogen (secondary N) is 2. The Labute approximate surface area is 161 Å². The number of para-hydroxylation sites is 1. The second-order valence-corrected chi connectivity index (χ2v) is 6.64. The second kappa shape index (κ2) is 8.91. The normalized spacial score (nSPS) is 10.2. The second-order valence-electron chi connectivity index (χ2n) is 5.78. The van der Waals surface area contributed by atoms with Gasteiger partial charge in [0.15, 0.2) is 0 Å². The summed E-state index contributed by atoms with van der Waals surface area (Å²) in [6.07, 6.45) is 1.75.